The average Bonchev–Trinajstić information content (AvgIpc) is 3.34. The Morgan fingerprint density at radius 2 is 1.59 bits per heavy atom. The van der Waals surface area contributed by atoms with Crippen molar-refractivity contribution in [3.05, 3.63) is 99.0 Å². The largest absolute Gasteiger partial charge is 0.496 e. The van der Waals surface area contributed by atoms with Crippen molar-refractivity contribution in [3.8, 4) is 5.75 Å². The van der Waals surface area contributed by atoms with E-state index in [2.05, 4.69) is 17.0 Å². The zero-order valence-corrected chi connectivity index (χ0v) is 24.0. The van der Waals surface area contributed by atoms with Crippen LogP contribution < -0.4 is 4.74 Å². The molecule has 0 aliphatic carbocycles. The Morgan fingerprint density at radius 1 is 0.974 bits per heavy atom. The first-order valence-corrected chi connectivity index (χ1v) is 14.0. The standard InChI is InChI=1S/C31H33Cl2N3O3/c1-20(2)31(37)36-29(23-7-11-25(33)12-8-23)28(22-5-9-24(32)10-6-22)34-30(36)26-18-21(4-13-27(26)38-3)19-35-14-16-39-17-15-35/h4-13,18,20,28-29H,14-17,19H2,1-3H3/t28-,29+/m1/s1. The van der Waals surface area contributed by atoms with E-state index in [0.29, 0.717) is 21.6 Å². The number of carbonyl (C=O) groups excluding carboxylic acids is 1. The van der Waals surface area contributed by atoms with Crippen molar-refractivity contribution in [2.45, 2.75) is 32.5 Å². The second-order valence-electron chi connectivity index (χ2n) is 10.2. The van der Waals surface area contributed by atoms with Crippen LogP contribution in [0.25, 0.3) is 0 Å². The van der Waals surface area contributed by atoms with Gasteiger partial charge in [0, 0.05) is 35.6 Å². The fraction of sp³-hybridized carbons (Fsp3) is 0.355. The Labute approximate surface area is 240 Å². The summed E-state index contributed by atoms with van der Waals surface area (Å²) in [7, 11) is 1.65. The van der Waals surface area contributed by atoms with Crippen molar-refractivity contribution in [2.24, 2.45) is 10.9 Å². The van der Waals surface area contributed by atoms with Crippen molar-refractivity contribution >= 4 is 34.9 Å². The van der Waals surface area contributed by atoms with Crippen LogP contribution in [0.2, 0.25) is 10.0 Å². The summed E-state index contributed by atoms with van der Waals surface area (Å²) in [6.45, 7) is 7.86. The molecule has 2 heterocycles. The molecule has 3 aromatic rings. The molecule has 1 fully saturated rings. The monoisotopic (exact) mass is 565 g/mol. The van der Waals surface area contributed by atoms with Crippen LogP contribution in [0.5, 0.6) is 5.75 Å². The highest BCUT2D eigenvalue weighted by Crippen LogP contribution is 2.45. The lowest BCUT2D eigenvalue weighted by Crippen LogP contribution is -2.40. The number of nitrogens with zero attached hydrogens (tertiary/aromatic N) is 3. The molecule has 0 bridgehead atoms. The van der Waals surface area contributed by atoms with Gasteiger partial charge in [0.15, 0.2) is 0 Å². The molecule has 1 amide bonds. The first-order valence-electron chi connectivity index (χ1n) is 13.2. The second kappa shape index (κ2) is 12.1. The summed E-state index contributed by atoms with van der Waals surface area (Å²) >= 11 is 12.5. The molecule has 2 atom stereocenters. The third-order valence-electron chi connectivity index (χ3n) is 7.24. The summed E-state index contributed by atoms with van der Waals surface area (Å²) in [5.74, 6) is 1.03. The lowest BCUT2D eigenvalue weighted by Gasteiger charge is -2.31. The average molecular weight is 567 g/mol. The molecule has 3 aromatic carbocycles. The minimum atomic E-state index is -0.360. The number of halogens is 2. The van der Waals surface area contributed by atoms with E-state index < -0.39 is 0 Å². The van der Waals surface area contributed by atoms with Gasteiger partial charge in [0.05, 0.1) is 31.9 Å². The number of benzene rings is 3. The minimum absolute atomic E-state index is 0.00852. The van der Waals surface area contributed by atoms with Gasteiger partial charge in [-0.05, 0) is 53.1 Å². The van der Waals surface area contributed by atoms with E-state index in [0.717, 1.165) is 55.1 Å². The molecule has 0 spiro atoms. The maximum Gasteiger partial charge on any atom is 0.231 e. The molecule has 2 aliphatic heterocycles. The molecule has 0 N–H and O–H groups in total. The molecule has 6 nitrogen and oxygen atoms in total. The molecule has 2 aliphatic rings. The fourth-order valence-electron chi connectivity index (χ4n) is 5.21. The molecule has 0 saturated carbocycles. The number of morpholine rings is 1. The van der Waals surface area contributed by atoms with E-state index >= 15 is 0 Å². The van der Waals surface area contributed by atoms with Crippen LogP contribution in [-0.4, -0.2) is 55.0 Å². The van der Waals surface area contributed by atoms with E-state index in [1.54, 1.807) is 7.11 Å². The van der Waals surface area contributed by atoms with Gasteiger partial charge in [-0.25, -0.2) is 0 Å². The van der Waals surface area contributed by atoms with Gasteiger partial charge in [0.25, 0.3) is 0 Å². The molecule has 0 aromatic heterocycles. The van der Waals surface area contributed by atoms with Crippen LogP contribution >= 0.6 is 23.2 Å². The van der Waals surface area contributed by atoms with E-state index in [9.17, 15) is 4.79 Å². The van der Waals surface area contributed by atoms with E-state index in [4.69, 9.17) is 37.7 Å². The van der Waals surface area contributed by atoms with Crippen molar-refractivity contribution in [3.63, 3.8) is 0 Å². The predicted molar refractivity (Wildman–Crippen MR) is 156 cm³/mol. The van der Waals surface area contributed by atoms with Crippen molar-refractivity contribution < 1.29 is 14.3 Å². The van der Waals surface area contributed by atoms with Gasteiger partial charge in [-0.1, -0.05) is 67.4 Å². The summed E-state index contributed by atoms with van der Waals surface area (Å²) in [5, 5.41) is 1.29. The molecule has 0 unspecified atom stereocenters. The van der Waals surface area contributed by atoms with Crippen molar-refractivity contribution in [1.82, 2.24) is 9.80 Å². The number of amidine groups is 1. The predicted octanol–water partition coefficient (Wildman–Crippen LogP) is 6.56. The topological polar surface area (TPSA) is 54.4 Å². The lowest BCUT2D eigenvalue weighted by atomic mass is 9.93. The summed E-state index contributed by atoms with van der Waals surface area (Å²) in [6, 6.07) is 20.8. The first-order chi connectivity index (χ1) is 18.9. The Hall–Kier alpha value is -2.90. The number of hydrogen-bond donors (Lipinski definition) is 0. The van der Waals surface area contributed by atoms with Gasteiger partial charge in [-0.3, -0.25) is 19.6 Å². The van der Waals surface area contributed by atoms with Crippen LogP contribution in [0, 0.1) is 5.92 Å². The third-order valence-corrected chi connectivity index (χ3v) is 7.74. The Morgan fingerprint density at radius 3 is 2.18 bits per heavy atom. The summed E-state index contributed by atoms with van der Waals surface area (Å²) in [4.78, 5) is 23.4. The number of methoxy groups -OCH3 is 1. The van der Waals surface area contributed by atoms with Gasteiger partial charge < -0.3 is 9.47 Å². The lowest BCUT2D eigenvalue weighted by molar-refractivity contribution is -0.132. The quantitative estimate of drug-likeness (QED) is 0.325. The first kappa shape index (κ1) is 27.7. The summed E-state index contributed by atoms with van der Waals surface area (Å²) in [6.07, 6.45) is 0. The number of hydrogen-bond acceptors (Lipinski definition) is 5. The zero-order chi connectivity index (χ0) is 27.5. The summed E-state index contributed by atoms with van der Waals surface area (Å²) in [5.41, 5.74) is 3.85. The van der Waals surface area contributed by atoms with Crippen LogP contribution in [0.15, 0.2) is 71.7 Å². The third kappa shape index (κ3) is 5.99. The zero-order valence-electron chi connectivity index (χ0n) is 22.4. The Balaban J connectivity index is 1.65. The van der Waals surface area contributed by atoms with Gasteiger partial charge in [-0.15, -0.1) is 0 Å². The molecular weight excluding hydrogens is 533 g/mol. The fourth-order valence-corrected chi connectivity index (χ4v) is 5.46. The maximum absolute atomic E-state index is 13.9. The van der Waals surface area contributed by atoms with Gasteiger partial charge in [-0.2, -0.15) is 0 Å². The highest BCUT2D eigenvalue weighted by Gasteiger charge is 2.43. The van der Waals surface area contributed by atoms with Crippen molar-refractivity contribution in [2.75, 3.05) is 33.4 Å². The normalized spacial score (nSPS) is 19.8. The van der Waals surface area contributed by atoms with E-state index in [1.165, 1.54) is 0 Å². The highest BCUT2D eigenvalue weighted by molar-refractivity contribution is 6.30. The SMILES string of the molecule is COc1ccc(CN2CCOCC2)cc1C1=N[C@H](c2ccc(Cl)cc2)[C@H](c2ccc(Cl)cc2)N1C(=O)C(C)C. The van der Waals surface area contributed by atoms with Crippen LogP contribution in [0.1, 0.15) is 48.2 Å². The number of ether oxygens (including phenoxy) is 2. The summed E-state index contributed by atoms with van der Waals surface area (Å²) < 4.78 is 11.3. The Kier molecular flexibility index (Phi) is 8.57. The van der Waals surface area contributed by atoms with E-state index in [1.807, 2.05) is 73.3 Å². The number of carbonyl (C=O) groups is 1. The molecule has 204 valence electrons. The molecule has 1 saturated heterocycles. The van der Waals surface area contributed by atoms with Crippen molar-refractivity contribution in [1.29, 1.82) is 0 Å². The van der Waals surface area contributed by atoms with Gasteiger partial charge >= 0.3 is 0 Å². The maximum atomic E-state index is 13.9. The molecule has 8 heteroatoms. The molecular formula is C31H33Cl2N3O3. The van der Waals surface area contributed by atoms with Crippen LogP contribution in [0.4, 0.5) is 0 Å². The molecule has 5 rings (SSSR count). The van der Waals surface area contributed by atoms with Gasteiger partial charge in [0.2, 0.25) is 5.91 Å². The van der Waals surface area contributed by atoms with Crippen LogP contribution in [-0.2, 0) is 16.1 Å². The van der Waals surface area contributed by atoms with E-state index in [-0.39, 0.29) is 23.9 Å². The molecule has 39 heavy (non-hydrogen) atoms. The second-order valence-corrected chi connectivity index (χ2v) is 11.1. The molecule has 0 radical (unpaired) electrons. The van der Waals surface area contributed by atoms with Crippen LogP contribution in [0.3, 0.4) is 0 Å². The number of amides is 1. The Bertz CT molecular complexity index is 1340. The highest BCUT2D eigenvalue weighted by atomic mass is 35.5. The van der Waals surface area contributed by atoms with Gasteiger partial charge in [0.1, 0.15) is 17.6 Å². The number of rotatable bonds is 7. The minimum Gasteiger partial charge on any atom is -0.496 e. The smallest absolute Gasteiger partial charge is 0.231 e. The number of aliphatic imine (C=N–C) groups is 1.